The van der Waals surface area contributed by atoms with Crippen molar-refractivity contribution in [2.45, 2.75) is 33.0 Å². The van der Waals surface area contributed by atoms with Crippen molar-refractivity contribution in [2.75, 3.05) is 24.8 Å². The predicted octanol–water partition coefficient (Wildman–Crippen LogP) is 5.11. The first-order valence-corrected chi connectivity index (χ1v) is 13.2. The highest BCUT2D eigenvalue weighted by molar-refractivity contribution is 5.88. The molecular weight excluding hydrogens is 536 g/mol. The molecule has 2 heterocycles. The normalized spacial score (nSPS) is 11.4. The van der Waals surface area contributed by atoms with Crippen molar-refractivity contribution < 1.29 is 19.0 Å². The molecule has 1 amide bonds. The summed E-state index contributed by atoms with van der Waals surface area (Å²) in [6.07, 6.45) is 0.776. The van der Waals surface area contributed by atoms with E-state index in [2.05, 4.69) is 9.97 Å². The molecule has 0 atom stereocenters. The van der Waals surface area contributed by atoms with Crippen LogP contribution in [0, 0.1) is 0 Å². The summed E-state index contributed by atoms with van der Waals surface area (Å²) in [5.41, 5.74) is 8.31. The fraction of sp³-hybridized carbons (Fsp3) is 0.226. The Bertz CT molecular complexity index is 1810. The van der Waals surface area contributed by atoms with Gasteiger partial charge >= 0.3 is 11.8 Å². The highest BCUT2D eigenvalue weighted by atomic mass is 16.6. The van der Waals surface area contributed by atoms with Gasteiger partial charge in [0, 0.05) is 18.8 Å². The van der Waals surface area contributed by atoms with Crippen molar-refractivity contribution in [2.24, 2.45) is 0 Å². The van der Waals surface area contributed by atoms with Gasteiger partial charge in [-0.15, -0.1) is 0 Å². The highest BCUT2D eigenvalue weighted by Crippen LogP contribution is 2.32. The number of carbonyl (C=O) groups excluding carboxylic acids is 1. The Morgan fingerprint density at radius 3 is 2.38 bits per heavy atom. The van der Waals surface area contributed by atoms with Gasteiger partial charge in [0.2, 0.25) is 0 Å². The monoisotopic (exact) mass is 568 g/mol. The van der Waals surface area contributed by atoms with Crippen LogP contribution in [-0.4, -0.2) is 45.0 Å². The molecule has 0 radical (unpaired) electrons. The van der Waals surface area contributed by atoms with Gasteiger partial charge in [0.25, 0.3) is 0 Å². The second-order valence-electron chi connectivity index (χ2n) is 10.6. The molecule has 0 spiro atoms. The summed E-state index contributed by atoms with van der Waals surface area (Å²) in [5.74, 6) is 1.08. The molecular formula is C31H32N6O5. The van der Waals surface area contributed by atoms with Crippen molar-refractivity contribution >= 4 is 28.8 Å². The first kappa shape index (κ1) is 28.2. The average Bonchev–Trinajstić information content (AvgIpc) is 3.28. The number of methoxy groups -OCH3 is 1. The molecule has 0 saturated heterocycles. The van der Waals surface area contributed by atoms with Crippen LogP contribution in [0.4, 0.5) is 16.3 Å². The number of carbonyl (C=O) groups is 1. The maximum atomic E-state index is 14.1. The summed E-state index contributed by atoms with van der Waals surface area (Å²) in [7, 11) is 3.14. The SMILES string of the molecule is COc1cc(-n2c(=O)n(-c3cccc(N(C)C(=O)OC(C)(C)C)c3)c3ncnc(N)c32)ccc1OCc1ccccc1. The van der Waals surface area contributed by atoms with Crippen LogP contribution in [0.25, 0.3) is 22.5 Å². The number of anilines is 2. The Balaban J connectivity index is 1.57. The third-order valence-corrected chi connectivity index (χ3v) is 6.43. The summed E-state index contributed by atoms with van der Waals surface area (Å²) in [4.78, 5) is 36.7. The van der Waals surface area contributed by atoms with E-state index in [4.69, 9.17) is 19.9 Å². The molecule has 3 aromatic carbocycles. The van der Waals surface area contributed by atoms with E-state index < -0.39 is 17.4 Å². The van der Waals surface area contributed by atoms with Gasteiger partial charge in [0.1, 0.15) is 24.1 Å². The van der Waals surface area contributed by atoms with Crippen molar-refractivity contribution in [1.82, 2.24) is 19.1 Å². The number of nitrogen functional groups attached to an aromatic ring is 1. The number of ether oxygens (including phenoxy) is 3. The number of benzene rings is 3. The molecule has 0 aliphatic heterocycles. The summed E-state index contributed by atoms with van der Waals surface area (Å²) < 4.78 is 20.0. The summed E-state index contributed by atoms with van der Waals surface area (Å²) in [6.45, 7) is 5.74. The van der Waals surface area contributed by atoms with Crippen LogP contribution >= 0.6 is 0 Å². The van der Waals surface area contributed by atoms with Crippen LogP contribution in [-0.2, 0) is 11.3 Å². The predicted molar refractivity (Wildman–Crippen MR) is 161 cm³/mol. The van der Waals surface area contributed by atoms with E-state index in [9.17, 15) is 9.59 Å². The van der Waals surface area contributed by atoms with E-state index in [1.807, 2.05) is 30.3 Å². The van der Waals surface area contributed by atoms with Crippen LogP contribution in [0.3, 0.4) is 0 Å². The van der Waals surface area contributed by atoms with E-state index in [1.165, 1.54) is 27.5 Å². The van der Waals surface area contributed by atoms with Crippen LogP contribution in [0.1, 0.15) is 26.3 Å². The quantitative estimate of drug-likeness (QED) is 0.287. The molecule has 11 nitrogen and oxygen atoms in total. The van der Waals surface area contributed by atoms with Crippen molar-refractivity contribution in [3.8, 4) is 22.9 Å². The van der Waals surface area contributed by atoms with Gasteiger partial charge in [-0.2, -0.15) is 0 Å². The van der Waals surface area contributed by atoms with Crippen molar-refractivity contribution in [1.29, 1.82) is 0 Å². The number of hydrogen-bond donors (Lipinski definition) is 1. The summed E-state index contributed by atoms with van der Waals surface area (Å²) >= 11 is 0. The van der Waals surface area contributed by atoms with Crippen molar-refractivity contribution in [3.63, 3.8) is 0 Å². The molecule has 0 bridgehead atoms. The van der Waals surface area contributed by atoms with Crippen LogP contribution in [0.2, 0.25) is 0 Å². The van der Waals surface area contributed by atoms with Crippen molar-refractivity contribution in [3.05, 3.63) is 95.2 Å². The zero-order valence-corrected chi connectivity index (χ0v) is 24.1. The number of hydrogen-bond acceptors (Lipinski definition) is 8. The molecule has 0 saturated carbocycles. The lowest BCUT2D eigenvalue weighted by Crippen LogP contribution is -2.34. The van der Waals surface area contributed by atoms with E-state index in [-0.39, 0.29) is 5.82 Å². The van der Waals surface area contributed by atoms with E-state index >= 15 is 0 Å². The topological polar surface area (TPSA) is 127 Å². The molecule has 0 aliphatic carbocycles. The smallest absolute Gasteiger partial charge is 0.414 e. The second kappa shape index (κ2) is 11.3. The number of fused-ring (bicyclic) bond motifs is 1. The van der Waals surface area contributed by atoms with E-state index in [0.717, 1.165) is 5.56 Å². The molecule has 2 aromatic heterocycles. The number of aromatic nitrogens is 4. The highest BCUT2D eigenvalue weighted by Gasteiger charge is 2.24. The minimum atomic E-state index is -0.662. The Kier molecular flexibility index (Phi) is 7.58. The first-order valence-electron chi connectivity index (χ1n) is 13.2. The Morgan fingerprint density at radius 1 is 0.929 bits per heavy atom. The number of nitrogens with two attached hydrogens (primary N) is 1. The molecule has 216 valence electrons. The third-order valence-electron chi connectivity index (χ3n) is 6.43. The second-order valence-corrected chi connectivity index (χ2v) is 10.6. The molecule has 0 unspecified atom stereocenters. The van der Waals surface area contributed by atoms with Gasteiger partial charge in [-0.25, -0.2) is 24.1 Å². The lowest BCUT2D eigenvalue weighted by Gasteiger charge is -2.25. The van der Waals surface area contributed by atoms with Crippen LogP contribution in [0.15, 0.2) is 83.9 Å². The molecule has 0 aliphatic rings. The van der Waals surface area contributed by atoms with Crippen LogP contribution in [0.5, 0.6) is 11.5 Å². The minimum Gasteiger partial charge on any atom is -0.493 e. The van der Waals surface area contributed by atoms with Gasteiger partial charge in [-0.3, -0.25) is 9.47 Å². The van der Waals surface area contributed by atoms with Gasteiger partial charge in [0.05, 0.1) is 18.5 Å². The average molecular weight is 569 g/mol. The standard InChI is InChI=1S/C31H32N6O5/c1-31(2,3)42-30(39)35(4)21-12-9-13-22(16-21)37-28-26(27(32)33-19-34-28)36(29(37)38)23-14-15-24(25(17-23)40-5)41-18-20-10-7-6-8-11-20/h6-17,19H,18H2,1-5H3,(H2,32,33,34). The van der Waals surface area contributed by atoms with Gasteiger partial charge < -0.3 is 19.9 Å². The molecule has 5 rings (SSSR count). The third kappa shape index (κ3) is 5.62. The minimum absolute atomic E-state index is 0.126. The zero-order chi connectivity index (χ0) is 30.0. The molecule has 2 N–H and O–H groups in total. The summed E-state index contributed by atoms with van der Waals surface area (Å²) in [5, 5.41) is 0. The molecule has 42 heavy (non-hydrogen) atoms. The van der Waals surface area contributed by atoms with Gasteiger partial charge in [-0.1, -0.05) is 36.4 Å². The molecule has 0 fully saturated rings. The number of nitrogens with zero attached hydrogens (tertiary/aromatic N) is 5. The lowest BCUT2D eigenvalue weighted by atomic mass is 10.2. The number of amides is 1. The maximum Gasteiger partial charge on any atom is 0.414 e. The van der Waals surface area contributed by atoms with Crippen LogP contribution < -0.4 is 25.8 Å². The Labute approximate surface area is 242 Å². The fourth-order valence-corrected chi connectivity index (χ4v) is 4.45. The largest absolute Gasteiger partial charge is 0.493 e. The summed E-state index contributed by atoms with van der Waals surface area (Å²) in [6, 6.07) is 21.9. The Hall–Kier alpha value is -5.32. The number of rotatable bonds is 7. The Morgan fingerprint density at radius 2 is 1.67 bits per heavy atom. The van der Waals surface area contributed by atoms with E-state index in [1.54, 1.807) is 70.3 Å². The molecule has 5 aromatic rings. The first-order chi connectivity index (χ1) is 20.1. The lowest BCUT2D eigenvalue weighted by molar-refractivity contribution is 0.0589. The zero-order valence-electron chi connectivity index (χ0n) is 24.1. The van der Waals surface area contributed by atoms with Gasteiger partial charge in [-0.05, 0) is 56.7 Å². The fourth-order valence-electron chi connectivity index (χ4n) is 4.45. The molecule has 11 heteroatoms. The van der Waals surface area contributed by atoms with Gasteiger partial charge in [0.15, 0.2) is 23.0 Å². The number of imidazole rings is 1. The van der Waals surface area contributed by atoms with E-state index in [0.29, 0.717) is 46.3 Å². The maximum absolute atomic E-state index is 14.1.